The standard InChI is InChI=1S/C12H16N2O3/c1-7-3-4-8(11(5-7)17-2)10(15)6-9(13)12(14)16/h3-5,9H,6,13H2,1-2H3,(H2,14,16). The summed E-state index contributed by atoms with van der Waals surface area (Å²) in [4.78, 5) is 22.7. The first-order chi connectivity index (χ1) is 7.95. The van der Waals surface area contributed by atoms with Gasteiger partial charge in [-0.05, 0) is 24.6 Å². The molecule has 1 aromatic rings. The molecule has 0 aliphatic carbocycles. The van der Waals surface area contributed by atoms with Gasteiger partial charge in [0.1, 0.15) is 5.75 Å². The van der Waals surface area contributed by atoms with Crippen LogP contribution in [0.4, 0.5) is 0 Å². The third-order valence-corrected chi connectivity index (χ3v) is 2.43. The Balaban J connectivity index is 2.92. The largest absolute Gasteiger partial charge is 0.496 e. The molecule has 92 valence electrons. The van der Waals surface area contributed by atoms with Crippen molar-refractivity contribution in [3.8, 4) is 5.75 Å². The lowest BCUT2D eigenvalue weighted by molar-refractivity contribution is -0.119. The van der Waals surface area contributed by atoms with Gasteiger partial charge in [-0.2, -0.15) is 0 Å². The molecule has 0 aliphatic rings. The average molecular weight is 236 g/mol. The lowest BCUT2D eigenvalue weighted by Gasteiger charge is -2.10. The Hall–Kier alpha value is -1.88. The Kier molecular flexibility index (Phi) is 4.23. The molecule has 4 N–H and O–H groups in total. The molecule has 1 unspecified atom stereocenters. The lowest BCUT2D eigenvalue weighted by atomic mass is 10.0. The Labute approximate surface area is 99.7 Å². The van der Waals surface area contributed by atoms with Gasteiger partial charge in [-0.25, -0.2) is 0 Å². The van der Waals surface area contributed by atoms with E-state index < -0.39 is 11.9 Å². The van der Waals surface area contributed by atoms with Crippen LogP contribution in [-0.2, 0) is 4.79 Å². The maximum atomic E-state index is 11.9. The van der Waals surface area contributed by atoms with E-state index in [4.69, 9.17) is 16.2 Å². The molecule has 0 radical (unpaired) electrons. The highest BCUT2D eigenvalue weighted by Gasteiger charge is 2.18. The van der Waals surface area contributed by atoms with Gasteiger partial charge in [-0.3, -0.25) is 9.59 Å². The van der Waals surface area contributed by atoms with E-state index in [1.54, 1.807) is 18.2 Å². The second kappa shape index (κ2) is 5.45. The monoisotopic (exact) mass is 236 g/mol. The minimum atomic E-state index is -0.964. The van der Waals surface area contributed by atoms with Crippen LogP contribution < -0.4 is 16.2 Å². The quantitative estimate of drug-likeness (QED) is 0.723. The average Bonchev–Trinajstić information content (AvgIpc) is 2.28. The van der Waals surface area contributed by atoms with E-state index >= 15 is 0 Å². The molecule has 1 rings (SSSR count). The number of primary amides is 1. The van der Waals surface area contributed by atoms with Crippen molar-refractivity contribution in [2.75, 3.05) is 7.11 Å². The van der Waals surface area contributed by atoms with E-state index in [0.717, 1.165) is 5.56 Å². The summed E-state index contributed by atoms with van der Waals surface area (Å²) in [5.74, 6) is -0.468. The normalized spacial score (nSPS) is 11.9. The molecule has 1 aromatic carbocycles. The molecular weight excluding hydrogens is 220 g/mol. The number of rotatable bonds is 5. The molecule has 0 saturated heterocycles. The molecule has 1 atom stereocenters. The van der Waals surface area contributed by atoms with Crippen LogP contribution in [-0.4, -0.2) is 24.8 Å². The Bertz CT molecular complexity index is 443. The van der Waals surface area contributed by atoms with Crippen LogP contribution in [0.5, 0.6) is 5.75 Å². The number of carbonyl (C=O) groups is 2. The van der Waals surface area contributed by atoms with Gasteiger partial charge in [-0.1, -0.05) is 6.07 Å². The number of methoxy groups -OCH3 is 1. The van der Waals surface area contributed by atoms with Crippen molar-refractivity contribution >= 4 is 11.7 Å². The molecule has 5 heteroatoms. The Morgan fingerprint density at radius 1 is 1.41 bits per heavy atom. The minimum Gasteiger partial charge on any atom is -0.496 e. The molecule has 0 bridgehead atoms. The second-order valence-electron chi connectivity index (χ2n) is 3.84. The highest BCUT2D eigenvalue weighted by atomic mass is 16.5. The SMILES string of the molecule is COc1cc(C)ccc1C(=O)CC(N)C(N)=O. The van der Waals surface area contributed by atoms with Crippen LogP contribution in [0.1, 0.15) is 22.3 Å². The number of nitrogens with two attached hydrogens (primary N) is 2. The first-order valence-corrected chi connectivity index (χ1v) is 5.18. The highest BCUT2D eigenvalue weighted by Crippen LogP contribution is 2.21. The molecule has 0 spiro atoms. The van der Waals surface area contributed by atoms with E-state index in [1.165, 1.54) is 7.11 Å². The summed E-state index contributed by atoms with van der Waals surface area (Å²) in [6.45, 7) is 1.89. The lowest BCUT2D eigenvalue weighted by Crippen LogP contribution is -2.38. The van der Waals surface area contributed by atoms with Gasteiger partial charge in [-0.15, -0.1) is 0 Å². The third-order valence-electron chi connectivity index (χ3n) is 2.43. The van der Waals surface area contributed by atoms with Crippen molar-refractivity contribution in [1.29, 1.82) is 0 Å². The van der Waals surface area contributed by atoms with Crippen LogP contribution in [0.25, 0.3) is 0 Å². The molecule has 0 aliphatic heterocycles. The van der Waals surface area contributed by atoms with Gasteiger partial charge in [0.15, 0.2) is 5.78 Å². The van der Waals surface area contributed by atoms with Gasteiger partial charge >= 0.3 is 0 Å². The van der Waals surface area contributed by atoms with Crippen LogP contribution in [0.3, 0.4) is 0 Å². The van der Waals surface area contributed by atoms with E-state index in [0.29, 0.717) is 11.3 Å². The number of carbonyl (C=O) groups excluding carboxylic acids is 2. The Morgan fingerprint density at radius 2 is 2.06 bits per heavy atom. The summed E-state index contributed by atoms with van der Waals surface area (Å²) in [6.07, 6.45) is -0.116. The minimum absolute atomic E-state index is 0.116. The Morgan fingerprint density at radius 3 is 2.59 bits per heavy atom. The van der Waals surface area contributed by atoms with Crippen molar-refractivity contribution < 1.29 is 14.3 Å². The number of ketones is 1. The predicted molar refractivity (Wildman–Crippen MR) is 63.8 cm³/mol. The number of Topliss-reactive ketones (excluding diaryl/α,β-unsaturated/α-hetero) is 1. The third kappa shape index (κ3) is 3.29. The number of aryl methyl sites for hydroxylation is 1. The van der Waals surface area contributed by atoms with E-state index in [-0.39, 0.29) is 12.2 Å². The van der Waals surface area contributed by atoms with Crippen molar-refractivity contribution in [3.63, 3.8) is 0 Å². The van der Waals surface area contributed by atoms with Gasteiger partial charge in [0.05, 0.1) is 18.7 Å². The zero-order valence-corrected chi connectivity index (χ0v) is 9.90. The van der Waals surface area contributed by atoms with Crippen LogP contribution in [0.15, 0.2) is 18.2 Å². The number of amides is 1. The van der Waals surface area contributed by atoms with E-state index in [2.05, 4.69) is 0 Å². The van der Waals surface area contributed by atoms with Crippen molar-refractivity contribution in [2.24, 2.45) is 11.5 Å². The van der Waals surface area contributed by atoms with E-state index in [1.807, 2.05) is 6.92 Å². The van der Waals surface area contributed by atoms with Crippen LogP contribution in [0.2, 0.25) is 0 Å². The fourth-order valence-electron chi connectivity index (χ4n) is 1.44. The fraction of sp³-hybridized carbons (Fsp3) is 0.333. The van der Waals surface area contributed by atoms with Gasteiger partial charge in [0.25, 0.3) is 0 Å². The molecule has 5 nitrogen and oxygen atoms in total. The summed E-state index contributed by atoms with van der Waals surface area (Å²) in [5, 5.41) is 0. The topological polar surface area (TPSA) is 95.4 Å². The first-order valence-electron chi connectivity index (χ1n) is 5.18. The molecule has 0 aromatic heterocycles. The molecule has 17 heavy (non-hydrogen) atoms. The van der Waals surface area contributed by atoms with Crippen LogP contribution >= 0.6 is 0 Å². The van der Waals surface area contributed by atoms with E-state index in [9.17, 15) is 9.59 Å². The predicted octanol–water partition coefficient (Wildman–Crippen LogP) is 0.389. The number of hydrogen-bond acceptors (Lipinski definition) is 4. The molecule has 0 saturated carbocycles. The van der Waals surface area contributed by atoms with Crippen molar-refractivity contribution in [3.05, 3.63) is 29.3 Å². The fourth-order valence-corrected chi connectivity index (χ4v) is 1.44. The van der Waals surface area contributed by atoms with Gasteiger partial charge in [0.2, 0.25) is 5.91 Å². The maximum absolute atomic E-state index is 11.9. The summed E-state index contributed by atoms with van der Waals surface area (Å²) >= 11 is 0. The highest BCUT2D eigenvalue weighted by molar-refractivity contribution is 6.01. The summed E-state index contributed by atoms with van der Waals surface area (Å²) in [6, 6.07) is 4.24. The molecular formula is C12H16N2O3. The summed E-state index contributed by atoms with van der Waals surface area (Å²) in [5.41, 5.74) is 11.8. The van der Waals surface area contributed by atoms with Gasteiger partial charge < -0.3 is 16.2 Å². The number of hydrogen-bond donors (Lipinski definition) is 2. The zero-order chi connectivity index (χ0) is 13.0. The van der Waals surface area contributed by atoms with Crippen molar-refractivity contribution in [2.45, 2.75) is 19.4 Å². The van der Waals surface area contributed by atoms with Gasteiger partial charge in [0, 0.05) is 6.42 Å². The summed E-state index contributed by atoms with van der Waals surface area (Å²) < 4.78 is 5.11. The molecule has 0 heterocycles. The second-order valence-corrected chi connectivity index (χ2v) is 3.84. The number of benzene rings is 1. The maximum Gasteiger partial charge on any atom is 0.234 e. The smallest absolute Gasteiger partial charge is 0.234 e. The molecule has 1 amide bonds. The van der Waals surface area contributed by atoms with Crippen LogP contribution in [0, 0.1) is 6.92 Å². The number of ether oxygens (including phenoxy) is 1. The zero-order valence-electron chi connectivity index (χ0n) is 9.90. The molecule has 0 fully saturated rings. The summed E-state index contributed by atoms with van der Waals surface area (Å²) in [7, 11) is 1.49. The van der Waals surface area contributed by atoms with Crippen molar-refractivity contribution in [1.82, 2.24) is 0 Å². The first kappa shape index (κ1) is 13.2.